The first kappa shape index (κ1) is 18.1. The molecule has 9 heteroatoms. The van der Waals surface area contributed by atoms with E-state index in [9.17, 15) is 9.59 Å². The highest BCUT2D eigenvalue weighted by Gasteiger charge is 2.20. The number of hydrogen-bond donors (Lipinski definition) is 3. The molecule has 2 heterocycles. The molecular formula is C17H13BrClN5O2. The zero-order valence-electron chi connectivity index (χ0n) is 13.3. The molecule has 7 nitrogen and oxygen atoms in total. The molecule has 2 aromatic heterocycles. The first-order valence-electron chi connectivity index (χ1n) is 7.54. The van der Waals surface area contributed by atoms with Crippen molar-refractivity contribution in [2.45, 2.75) is 6.54 Å². The van der Waals surface area contributed by atoms with Gasteiger partial charge in [-0.3, -0.25) is 19.7 Å². The van der Waals surface area contributed by atoms with Crippen LogP contribution >= 0.6 is 27.5 Å². The summed E-state index contributed by atoms with van der Waals surface area (Å²) in [5, 5.41) is 12.2. The number of benzene rings is 1. The molecule has 0 atom stereocenters. The second-order valence-corrected chi connectivity index (χ2v) is 6.40. The highest BCUT2D eigenvalue weighted by Crippen LogP contribution is 2.25. The molecule has 0 saturated carbocycles. The minimum atomic E-state index is -0.416. The van der Waals surface area contributed by atoms with Crippen LogP contribution in [0.4, 0.5) is 5.82 Å². The first-order valence-corrected chi connectivity index (χ1v) is 8.71. The van der Waals surface area contributed by atoms with Gasteiger partial charge in [-0.05, 0) is 40.2 Å². The summed E-state index contributed by atoms with van der Waals surface area (Å²) in [4.78, 5) is 28.7. The summed E-state index contributed by atoms with van der Waals surface area (Å²) in [6.07, 6.45) is 1.65. The normalized spacial score (nSPS) is 10.4. The second kappa shape index (κ2) is 8.11. The highest BCUT2D eigenvalue weighted by molar-refractivity contribution is 9.10. The van der Waals surface area contributed by atoms with Gasteiger partial charge in [0.2, 0.25) is 0 Å². The van der Waals surface area contributed by atoms with Crippen LogP contribution in [0.25, 0.3) is 0 Å². The molecule has 1 aromatic carbocycles. The lowest BCUT2D eigenvalue weighted by Crippen LogP contribution is -2.24. The lowest BCUT2D eigenvalue weighted by Gasteiger charge is -2.05. The van der Waals surface area contributed by atoms with E-state index in [1.165, 1.54) is 0 Å². The third-order valence-corrected chi connectivity index (χ3v) is 4.54. The number of H-pyrrole nitrogens is 1. The zero-order valence-corrected chi connectivity index (χ0v) is 15.6. The molecule has 0 spiro atoms. The molecule has 0 radical (unpaired) electrons. The summed E-state index contributed by atoms with van der Waals surface area (Å²) in [7, 11) is 0. The topological polar surface area (TPSA) is 99.8 Å². The van der Waals surface area contributed by atoms with Crippen molar-refractivity contribution in [2.24, 2.45) is 0 Å². The Morgan fingerprint density at radius 2 is 1.88 bits per heavy atom. The summed E-state index contributed by atoms with van der Waals surface area (Å²) in [6, 6.07) is 12.1. The summed E-state index contributed by atoms with van der Waals surface area (Å²) in [5.41, 5.74) is 1.16. The lowest BCUT2D eigenvalue weighted by atomic mass is 10.2. The molecule has 26 heavy (non-hydrogen) atoms. The Morgan fingerprint density at radius 3 is 2.62 bits per heavy atom. The lowest BCUT2D eigenvalue weighted by molar-refractivity contribution is 0.0943. The van der Waals surface area contributed by atoms with Crippen molar-refractivity contribution < 1.29 is 9.59 Å². The quantitative estimate of drug-likeness (QED) is 0.573. The van der Waals surface area contributed by atoms with Crippen molar-refractivity contribution in [3.05, 3.63) is 75.1 Å². The van der Waals surface area contributed by atoms with E-state index in [0.29, 0.717) is 15.1 Å². The van der Waals surface area contributed by atoms with Crippen molar-refractivity contribution in [1.82, 2.24) is 20.5 Å². The van der Waals surface area contributed by atoms with Crippen LogP contribution in [0.2, 0.25) is 5.02 Å². The maximum atomic E-state index is 12.3. The van der Waals surface area contributed by atoms with Crippen LogP contribution in [-0.4, -0.2) is 27.0 Å². The zero-order chi connectivity index (χ0) is 18.5. The molecule has 3 aromatic rings. The van der Waals surface area contributed by atoms with Crippen molar-refractivity contribution in [2.75, 3.05) is 5.32 Å². The summed E-state index contributed by atoms with van der Waals surface area (Å²) in [5.74, 6) is -0.560. The molecule has 0 saturated heterocycles. The van der Waals surface area contributed by atoms with E-state index in [1.807, 2.05) is 6.07 Å². The largest absolute Gasteiger partial charge is 0.345 e. The second-order valence-electron chi connectivity index (χ2n) is 5.20. The smallest absolute Gasteiger partial charge is 0.273 e. The van der Waals surface area contributed by atoms with Crippen LogP contribution in [0.15, 0.2) is 53.1 Å². The van der Waals surface area contributed by atoms with Crippen LogP contribution in [-0.2, 0) is 6.54 Å². The minimum absolute atomic E-state index is 0.121. The number of aromatic nitrogens is 3. The van der Waals surface area contributed by atoms with E-state index >= 15 is 0 Å². The Labute approximate surface area is 162 Å². The fourth-order valence-electron chi connectivity index (χ4n) is 2.15. The van der Waals surface area contributed by atoms with Gasteiger partial charge in [0.25, 0.3) is 11.8 Å². The number of nitrogens with zero attached hydrogens (tertiary/aromatic N) is 2. The number of pyridine rings is 1. The van der Waals surface area contributed by atoms with Gasteiger partial charge < -0.3 is 10.6 Å². The molecule has 0 aliphatic heterocycles. The number of amides is 2. The maximum Gasteiger partial charge on any atom is 0.273 e. The number of halogens is 2. The van der Waals surface area contributed by atoms with Crippen molar-refractivity contribution in [3.63, 3.8) is 0 Å². The Hall–Kier alpha value is -2.71. The molecule has 3 rings (SSSR count). The fourth-order valence-corrected chi connectivity index (χ4v) is 2.82. The molecule has 2 amide bonds. The van der Waals surface area contributed by atoms with Crippen molar-refractivity contribution in [1.29, 1.82) is 0 Å². The molecule has 132 valence electrons. The number of nitrogens with one attached hydrogen (secondary N) is 3. The Morgan fingerprint density at radius 1 is 1.12 bits per heavy atom. The van der Waals surface area contributed by atoms with Gasteiger partial charge in [0.1, 0.15) is 5.82 Å². The van der Waals surface area contributed by atoms with E-state index in [1.54, 1.807) is 42.6 Å². The number of rotatable bonds is 5. The minimum Gasteiger partial charge on any atom is -0.345 e. The predicted molar refractivity (Wildman–Crippen MR) is 101 cm³/mol. The van der Waals surface area contributed by atoms with E-state index in [-0.39, 0.29) is 18.1 Å². The summed E-state index contributed by atoms with van der Waals surface area (Å²) < 4.78 is 0.344. The Balaban J connectivity index is 1.68. The average Bonchev–Trinajstić information content (AvgIpc) is 3.01. The fraction of sp³-hybridized carbons (Fsp3) is 0.0588. The van der Waals surface area contributed by atoms with E-state index < -0.39 is 11.8 Å². The SMILES string of the molecule is O=C(Nc1[nH]nc(C(=O)NCc2ccccn2)c1Br)c1ccccc1Cl. The van der Waals surface area contributed by atoms with Gasteiger partial charge in [0, 0.05) is 6.20 Å². The van der Waals surface area contributed by atoms with Gasteiger partial charge >= 0.3 is 0 Å². The van der Waals surface area contributed by atoms with Gasteiger partial charge in [0.15, 0.2) is 5.69 Å². The predicted octanol–water partition coefficient (Wildman–Crippen LogP) is 3.40. The monoisotopic (exact) mass is 433 g/mol. The molecule has 0 aliphatic rings. The standard InChI is InChI=1S/C17H13BrClN5O2/c18-13-14(17(26)21-9-10-5-3-4-8-20-10)23-24-15(13)22-16(25)11-6-1-2-7-12(11)19/h1-8H,9H2,(H,21,26)(H2,22,23,24,25). The molecule has 0 bridgehead atoms. The van der Waals surface area contributed by atoms with E-state index in [4.69, 9.17) is 11.6 Å². The Bertz CT molecular complexity index is 945. The summed E-state index contributed by atoms with van der Waals surface area (Å²) >= 11 is 9.29. The number of hydrogen-bond acceptors (Lipinski definition) is 4. The number of carbonyl (C=O) groups is 2. The summed E-state index contributed by atoms with van der Waals surface area (Å²) in [6.45, 7) is 0.264. The van der Waals surface area contributed by atoms with E-state index in [2.05, 4.69) is 41.7 Å². The van der Waals surface area contributed by atoms with Crippen molar-refractivity contribution >= 4 is 45.2 Å². The molecule has 3 N–H and O–H groups in total. The van der Waals surface area contributed by atoms with Crippen LogP contribution < -0.4 is 10.6 Å². The molecule has 0 fully saturated rings. The van der Waals surface area contributed by atoms with Crippen LogP contribution in [0.5, 0.6) is 0 Å². The van der Waals surface area contributed by atoms with E-state index in [0.717, 1.165) is 5.69 Å². The number of anilines is 1. The molecule has 0 unspecified atom stereocenters. The van der Waals surface area contributed by atoms with Crippen LogP contribution in [0.1, 0.15) is 26.5 Å². The first-order chi connectivity index (χ1) is 12.6. The maximum absolute atomic E-state index is 12.3. The molecule has 0 aliphatic carbocycles. The number of carbonyl (C=O) groups excluding carboxylic acids is 2. The van der Waals surface area contributed by atoms with Crippen LogP contribution in [0.3, 0.4) is 0 Å². The van der Waals surface area contributed by atoms with Gasteiger partial charge in [-0.25, -0.2) is 0 Å². The van der Waals surface area contributed by atoms with Gasteiger partial charge in [-0.1, -0.05) is 29.8 Å². The van der Waals surface area contributed by atoms with Gasteiger partial charge in [0.05, 0.1) is 27.3 Å². The average molecular weight is 435 g/mol. The Kier molecular flexibility index (Phi) is 5.65. The highest BCUT2D eigenvalue weighted by atomic mass is 79.9. The molecular weight excluding hydrogens is 422 g/mol. The number of aromatic amines is 1. The third-order valence-electron chi connectivity index (χ3n) is 3.44. The van der Waals surface area contributed by atoms with Gasteiger partial charge in [-0.15, -0.1) is 0 Å². The van der Waals surface area contributed by atoms with Gasteiger partial charge in [-0.2, -0.15) is 5.10 Å². The van der Waals surface area contributed by atoms with Crippen molar-refractivity contribution in [3.8, 4) is 0 Å². The third kappa shape index (κ3) is 4.09. The van der Waals surface area contributed by atoms with Crippen LogP contribution in [0, 0.1) is 0 Å².